The van der Waals surface area contributed by atoms with Gasteiger partial charge in [-0.05, 0) is 29.7 Å². The van der Waals surface area contributed by atoms with Crippen molar-refractivity contribution in [2.24, 2.45) is 0 Å². The molecule has 2 aromatic rings. The van der Waals surface area contributed by atoms with E-state index in [1.54, 1.807) is 24.3 Å². The summed E-state index contributed by atoms with van der Waals surface area (Å²) < 4.78 is 5.13. The van der Waals surface area contributed by atoms with E-state index < -0.39 is 5.97 Å². The third kappa shape index (κ3) is 4.74. The number of hydrogen-bond donors (Lipinski definition) is 1. The SMILES string of the molecule is CCc1ccc(COC(=O)CNC(=O)c2ccccc2)cc1. The van der Waals surface area contributed by atoms with Crippen LogP contribution >= 0.6 is 0 Å². The van der Waals surface area contributed by atoms with Crippen molar-refractivity contribution < 1.29 is 14.3 Å². The molecule has 4 heteroatoms. The van der Waals surface area contributed by atoms with E-state index in [-0.39, 0.29) is 19.1 Å². The summed E-state index contributed by atoms with van der Waals surface area (Å²) in [6.45, 7) is 2.16. The average molecular weight is 297 g/mol. The molecule has 0 unspecified atom stereocenters. The van der Waals surface area contributed by atoms with Gasteiger partial charge in [0.2, 0.25) is 0 Å². The van der Waals surface area contributed by atoms with Crippen LogP contribution in [0.2, 0.25) is 0 Å². The summed E-state index contributed by atoms with van der Waals surface area (Å²) in [5.74, 6) is -0.742. The van der Waals surface area contributed by atoms with Crippen LogP contribution in [0.1, 0.15) is 28.4 Å². The Kier molecular flexibility index (Phi) is 5.72. The number of ether oxygens (including phenoxy) is 1. The molecule has 0 aliphatic heterocycles. The molecule has 0 atom stereocenters. The molecule has 0 aliphatic carbocycles. The molecule has 0 aromatic heterocycles. The largest absolute Gasteiger partial charge is 0.460 e. The minimum Gasteiger partial charge on any atom is -0.460 e. The standard InChI is InChI=1S/C18H19NO3/c1-2-14-8-10-15(11-9-14)13-22-17(20)12-19-18(21)16-6-4-3-5-7-16/h3-11H,2,12-13H2,1H3,(H,19,21). The highest BCUT2D eigenvalue weighted by molar-refractivity contribution is 5.95. The van der Waals surface area contributed by atoms with Crippen LogP contribution < -0.4 is 5.32 Å². The van der Waals surface area contributed by atoms with Gasteiger partial charge in [0.25, 0.3) is 5.91 Å². The zero-order valence-corrected chi connectivity index (χ0v) is 12.5. The molecule has 1 amide bonds. The van der Waals surface area contributed by atoms with Gasteiger partial charge in [-0.15, -0.1) is 0 Å². The van der Waals surface area contributed by atoms with Crippen LogP contribution in [0, 0.1) is 0 Å². The van der Waals surface area contributed by atoms with Gasteiger partial charge >= 0.3 is 5.97 Å². The van der Waals surface area contributed by atoms with Crippen molar-refractivity contribution in [1.82, 2.24) is 5.32 Å². The monoisotopic (exact) mass is 297 g/mol. The first-order valence-electron chi connectivity index (χ1n) is 7.25. The molecule has 0 aliphatic rings. The second kappa shape index (κ2) is 7.98. The number of esters is 1. The summed E-state index contributed by atoms with van der Waals surface area (Å²) in [6, 6.07) is 16.7. The van der Waals surface area contributed by atoms with Crippen molar-refractivity contribution in [2.45, 2.75) is 20.0 Å². The maximum absolute atomic E-state index is 11.8. The molecule has 0 fully saturated rings. The predicted molar refractivity (Wildman–Crippen MR) is 84.4 cm³/mol. The molecule has 0 heterocycles. The van der Waals surface area contributed by atoms with Crippen LogP contribution in [0.3, 0.4) is 0 Å². The highest BCUT2D eigenvalue weighted by atomic mass is 16.5. The number of nitrogens with one attached hydrogen (secondary N) is 1. The fourth-order valence-corrected chi connectivity index (χ4v) is 1.93. The fraction of sp³-hybridized carbons (Fsp3) is 0.222. The Morgan fingerprint density at radius 1 is 0.955 bits per heavy atom. The number of hydrogen-bond acceptors (Lipinski definition) is 3. The van der Waals surface area contributed by atoms with Gasteiger partial charge in [-0.1, -0.05) is 49.4 Å². The second-order valence-electron chi connectivity index (χ2n) is 4.88. The normalized spacial score (nSPS) is 10.0. The Bertz CT molecular complexity index is 621. The first-order chi connectivity index (χ1) is 10.7. The smallest absolute Gasteiger partial charge is 0.325 e. The van der Waals surface area contributed by atoms with Crippen LogP contribution in [0.25, 0.3) is 0 Å². The summed E-state index contributed by atoms with van der Waals surface area (Å²) >= 11 is 0. The van der Waals surface area contributed by atoms with Gasteiger partial charge in [-0.2, -0.15) is 0 Å². The van der Waals surface area contributed by atoms with E-state index in [1.165, 1.54) is 5.56 Å². The highest BCUT2D eigenvalue weighted by Gasteiger charge is 2.08. The molecular weight excluding hydrogens is 278 g/mol. The highest BCUT2D eigenvalue weighted by Crippen LogP contribution is 2.06. The Balaban J connectivity index is 1.74. The van der Waals surface area contributed by atoms with Crippen LogP contribution in [0.5, 0.6) is 0 Å². The van der Waals surface area contributed by atoms with Crippen LogP contribution in [0.4, 0.5) is 0 Å². The van der Waals surface area contributed by atoms with E-state index in [1.807, 2.05) is 30.3 Å². The Morgan fingerprint density at radius 3 is 2.23 bits per heavy atom. The molecule has 0 radical (unpaired) electrons. The van der Waals surface area contributed by atoms with Gasteiger partial charge < -0.3 is 10.1 Å². The third-order valence-corrected chi connectivity index (χ3v) is 3.26. The van der Waals surface area contributed by atoms with Gasteiger partial charge in [-0.25, -0.2) is 0 Å². The summed E-state index contributed by atoms with van der Waals surface area (Å²) in [7, 11) is 0. The van der Waals surface area contributed by atoms with E-state index in [0.717, 1.165) is 12.0 Å². The van der Waals surface area contributed by atoms with Crippen LogP contribution in [0.15, 0.2) is 54.6 Å². The molecular formula is C18H19NO3. The molecule has 4 nitrogen and oxygen atoms in total. The van der Waals surface area contributed by atoms with Crippen molar-refractivity contribution >= 4 is 11.9 Å². The Hall–Kier alpha value is -2.62. The summed E-state index contributed by atoms with van der Waals surface area (Å²) in [6.07, 6.45) is 0.978. The van der Waals surface area contributed by atoms with E-state index in [0.29, 0.717) is 5.56 Å². The maximum atomic E-state index is 11.8. The van der Waals surface area contributed by atoms with Gasteiger partial charge in [0.1, 0.15) is 13.2 Å². The first kappa shape index (κ1) is 15.8. The number of carbonyl (C=O) groups is 2. The van der Waals surface area contributed by atoms with E-state index in [4.69, 9.17) is 4.74 Å². The second-order valence-corrected chi connectivity index (χ2v) is 4.88. The molecule has 2 rings (SSSR count). The van der Waals surface area contributed by atoms with Crippen molar-refractivity contribution in [1.29, 1.82) is 0 Å². The lowest BCUT2D eigenvalue weighted by molar-refractivity contribution is -0.143. The van der Waals surface area contributed by atoms with E-state index in [9.17, 15) is 9.59 Å². The molecule has 0 saturated carbocycles. The lowest BCUT2D eigenvalue weighted by atomic mass is 10.1. The summed E-state index contributed by atoms with van der Waals surface area (Å²) in [4.78, 5) is 23.4. The minimum atomic E-state index is -0.455. The molecule has 114 valence electrons. The van der Waals surface area contributed by atoms with Crippen molar-refractivity contribution in [3.8, 4) is 0 Å². The van der Waals surface area contributed by atoms with Crippen molar-refractivity contribution in [2.75, 3.05) is 6.54 Å². The van der Waals surface area contributed by atoms with Crippen LogP contribution in [-0.4, -0.2) is 18.4 Å². The van der Waals surface area contributed by atoms with Gasteiger partial charge in [-0.3, -0.25) is 9.59 Å². The Labute approximate surface area is 130 Å². The predicted octanol–water partition coefficient (Wildman–Crippen LogP) is 2.72. The molecule has 22 heavy (non-hydrogen) atoms. The number of carbonyl (C=O) groups excluding carboxylic acids is 2. The first-order valence-corrected chi connectivity index (χ1v) is 7.25. The molecule has 0 spiro atoms. The topological polar surface area (TPSA) is 55.4 Å². The minimum absolute atomic E-state index is 0.138. The van der Waals surface area contributed by atoms with E-state index in [2.05, 4.69) is 12.2 Å². The van der Waals surface area contributed by atoms with Gasteiger partial charge in [0, 0.05) is 5.56 Å². The van der Waals surface area contributed by atoms with E-state index >= 15 is 0 Å². The third-order valence-electron chi connectivity index (χ3n) is 3.26. The summed E-state index contributed by atoms with van der Waals surface area (Å²) in [5, 5.41) is 2.54. The average Bonchev–Trinajstić information content (AvgIpc) is 2.59. The zero-order chi connectivity index (χ0) is 15.8. The number of aryl methyl sites for hydroxylation is 1. The molecule has 0 saturated heterocycles. The Morgan fingerprint density at radius 2 is 1.59 bits per heavy atom. The zero-order valence-electron chi connectivity index (χ0n) is 12.5. The lowest BCUT2D eigenvalue weighted by Crippen LogP contribution is -2.30. The molecule has 1 N–H and O–H groups in total. The molecule has 0 bridgehead atoms. The number of rotatable bonds is 6. The van der Waals surface area contributed by atoms with Gasteiger partial charge in [0.15, 0.2) is 0 Å². The van der Waals surface area contributed by atoms with Crippen LogP contribution in [-0.2, 0) is 22.6 Å². The number of amides is 1. The fourth-order valence-electron chi connectivity index (χ4n) is 1.93. The lowest BCUT2D eigenvalue weighted by Gasteiger charge is -2.07. The van der Waals surface area contributed by atoms with Crippen molar-refractivity contribution in [3.63, 3.8) is 0 Å². The maximum Gasteiger partial charge on any atom is 0.325 e. The summed E-state index contributed by atoms with van der Waals surface area (Å²) in [5.41, 5.74) is 2.69. The quantitative estimate of drug-likeness (QED) is 0.834. The number of benzene rings is 2. The van der Waals surface area contributed by atoms with Crippen molar-refractivity contribution in [3.05, 3.63) is 71.3 Å². The van der Waals surface area contributed by atoms with Gasteiger partial charge in [0.05, 0.1) is 0 Å². The molecule has 2 aromatic carbocycles.